The van der Waals surface area contributed by atoms with E-state index >= 15 is 0 Å². The minimum absolute atomic E-state index is 0.0384. The number of hydrogen-bond donors (Lipinski definition) is 1. The summed E-state index contributed by atoms with van der Waals surface area (Å²) in [6, 6.07) is 11.9. The maximum atomic E-state index is 12.7. The highest BCUT2D eigenvalue weighted by Crippen LogP contribution is 2.20. The Kier molecular flexibility index (Phi) is 4.97. The van der Waals surface area contributed by atoms with Gasteiger partial charge in [0, 0.05) is 18.2 Å². The fraction of sp³-hybridized carbons (Fsp3) is 0.389. The van der Waals surface area contributed by atoms with Gasteiger partial charge in [0.05, 0.1) is 5.69 Å². The molecule has 0 radical (unpaired) electrons. The van der Waals surface area contributed by atoms with E-state index in [1.165, 1.54) is 5.56 Å². The highest BCUT2D eigenvalue weighted by molar-refractivity contribution is 5.60. The summed E-state index contributed by atoms with van der Waals surface area (Å²) in [5.41, 5.74) is 9.89. The molecule has 1 unspecified atom stereocenters. The van der Waals surface area contributed by atoms with E-state index in [0.717, 1.165) is 30.6 Å². The van der Waals surface area contributed by atoms with Crippen LogP contribution in [0.5, 0.6) is 0 Å². The van der Waals surface area contributed by atoms with Gasteiger partial charge in [-0.1, -0.05) is 43.2 Å². The van der Waals surface area contributed by atoms with Crippen LogP contribution in [0.2, 0.25) is 0 Å². The third-order valence-corrected chi connectivity index (χ3v) is 3.78. The molecule has 0 aliphatic carbocycles. The standard InChI is InChI=1S/C18H24N2O/c1-4-5-12-20-17(15-8-6-13(2)7-9-15)11-10-16(14(3)19)18(20)21/h6-11,14H,4-5,12,19H2,1-3H3. The molecule has 2 aromatic rings. The van der Waals surface area contributed by atoms with Crippen molar-refractivity contribution < 1.29 is 0 Å². The third kappa shape index (κ3) is 3.42. The second-order valence-corrected chi connectivity index (χ2v) is 5.64. The fourth-order valence-electron chi connectivity index (χ4n) is 2.46. The van der Waals surface area contributed by atoms with Gasteiger partial charge in [-0.25, -0.2) is 0 Å². The molecule has 0 saturated carbocycles. The van der Waals surface area contributed by atoms with Crippen molar-refractivity contribution in [3.8, 4) is 11.3 Å². The van der Waals surface area contributed by atoms with Crippen molar-refractivity contribution >= 4 is 0 Å². The molecule has 21 heavy (non-hydrogen) atoms. The van der Waals surface area contributed by atoms with E-state index in [4.69, 9.17) is 5.73 Å². The Morgan fingerprint density at radius 3 is 2.38 bits per heavy atom. The highest BCUT2D eigenvalue weighted by atomic mass is 16.1. The van der Waals surface area contributed by atoms with Gasteiger partial charge in [-0.3, -0.25) is 4.79 Å². The molecule has 0 spiro atoms. The smallest absolute Gasteiger partial charge is 0.255 e. The molecule has 1 heterocycles. The van der Waals surface area contributed by atoms with Crippen LogP contribution >= 0.6 is 0 Å². The zero-order valence-corrected chi connectivity index (χ0v) is 13.1. The van der Waals surface area contributed by atoms with Crippen LogP contribution in [-0.2, 0) is 6.54 Å². The Labute approximate surface area is 126 Å². The zero-order valence-electron chi connectivity index (χ0n) is 13.1. The summed E-state index contributed by atoms with van der Waals surface area (Å²) in [6.07, 6.45) is 2.04. The summed E-state index contributed by atoms with van der Waals surface area (Å²) in [5, 5.41) is 0. The van der Waals surface area contributed by atoms with Crippen molar-refractivity contribution in [3.63, 3.8) is 0 Å². The Hall–Kier alpha value is -1.87. The Morgan fingerprint density at radius 1 is 1.14 bits per heavy atom. The highest BCUT2D eigenvalue weighted by Gasteiger charge is 2.12. The normalized spacial score (nSPS) is 12.4. The number of aromatic nitrogens is 1. The van der Waals surface area contributed by atoms with E-state index in [9.17, 15) is 4.79 Å². The number of nitrogens with zero attached hydrogens (tertiary/aromatic N) is 1. The first-order chi connectivity index (χ1) is 10.0. The molecule has 2 N–H and O–H groups in total. The molecule has 0 bridgehead atoms. The van der Waals surface area contributed by atoms with Crippen LogP contribution in [0.4, 0.5) is 0 Å². The molecular weight excluding hydrogens is 260 g/mol. The van der Waals surface area contributed by atoms with E-state index < -0.39 is 0 Å². The van der Waals surface area contributed by atoms with Crippen LogP contribution < -0.4 is 11.3 Å². The largest absolute Gasteiger partial charge is 0.324 e. The minimum atomic E-state index is -0.238. The summed E-state index contributed by atoms with van der Waals surface area (Å²) < 4.78 is 1.87. The zero-order chi connectivity index (χ0) is 15.4. The van der Waals surface area contributed by atoms with Gasteiger partial charge >= 0.3 is 0 Å². The van der Waals surface area contributed by atoms with Crippen LogP contribution in [0.1, 0.15) is 43.9 Å². The summed E-state index contributed by atoms with van der Waals surface area (Å²) in [4.78, 5) is 12.7. The van der Waals surface area contributed by atoms with Gasteiger partial charge in [0.25, 0.3) is 5.56 Å². The van der Waals surface area contributed by atoms with Gasteiger partial charge in [-0.2, -0.15) is 0 Å². The van der Waals surface area contributed by atoms with Crippen molar-refractivity contribution in [3.05, 3.63) is 57.9 Å². The second kappa shape index (κ2) is 6.72. The predicted octanol–water partition coefficient (Wildman–Crippen LogP) is 3.64. The van der Waals surface area contributed by atoms with E-state index in [2.05, 4.69) is 38.1 Å². The molecule has 112 valence electrons. The molecule has 0 fully saturated rings. The van der Waals surface area contributed by atoms with E-state index in [-0.39, 0.29) is 11.6 Å². The maximum Gasteiger partial charge on any atom is 0.255 e. The number of rotatable bonds is 5. The molecule has 1 atom stereocenters. The van der Waals surface area contributed by atoms with E-state index in [1.54, 1.807) is 0 Å². The molecule has 3 heteroatoms. The number of unbranched alkanes of at least 4 members (excludes halogenated alkanes) is 1. The minimum Gasteiger partial charge on any atom is -0.324 e. The molecule has 1 aromatic carbocycles. The first kappa shape index (κ1) is 15.5. The van der Waals surface area contributed by atoms with Crippen molar-refractivity contribution in [2.45, 2.75) is 46.2 Å². The summed E-state index contributed by atoms with van der Waals surface area (Å²) in [6.45, 7) is 6.78. The summed E-state index contributed by atoms with van der Waals surface area (Å²) >= 11 is 0. The van der Waals surface area contributed by atoms with Crippen molar-refractivity contribution in [2.24, 2.45) is 5.73 Å². The van der Waals surface area contributed by atoms with Crippen LogP contribution in [0.3, 0.4) is 0 Å². The molecule has 2 rings (SSSR count). The third-order valence-electron chi connectivity index (χ3n) is 3.78. The fourth-order valence-corrected chi connectivity index (χ4v) is 2.46. The van der Waals surface area contributed by atoms with E-state index in [1.807, 2.05) is 23.6 Å². The monoisotopic (exact) mass is 284 g/mol. The lowest BCUT2D eigenvalue weighted by atomic mass is 10.1. The molecule has 3 nitrogen and oxygen atoms in total. The number of benzene rings is 1. The first-order valence-electron chi connectivity index (χ1n) is 7.61. The van der Waals surface area contributed by atoms with Crippen LogP contribution in [0, 0.1) is 6.92 Å². The molecule has 1 aromatic heterocycles. The quantitative estimate of drug-likeness (QED) is 0.911. The summed E-state index contributed by atoms with van der Waals surface area (Å²) in [5.74, 6) is 0. The molecule has 0 amide bonds. The first-order valence-corrected chi connectivity index (χ1v) is 7.61. The Bertz CT molecular complexity index is 654. The maximum absolute atomic E-state index is 12.7. The van der Waals surface area contributed by atoms with Crippen molar-refractivity contribution in [2.75, 3.05) is 0 Å². The number of hydrogen-bond acceptors (Lipinski definition) is 2. The van der Waals surface area contributed by atoms with Crippen LogP contribution in [0.15, 0.2) is 41.2 Å². The number of nitrogens with two attached hydrogens (primary N) is 1. The van der Waals surface area contributed by atoms with Crippen molar-refractivity contribution in [1.82, 2.24) is 4.57 Å². The Balaban J connectivity index is 2.56. The number of pyridine rings is 1. The molecule has 0 aliphatic rings. The van der Waals surface area contributed by atoms with Gasteiger partial charge in [0.1, 0.15) is 0 Å². The molecular formula is C18H24N2O. The summed E-state index contributed by atoms with van der Waals surface area (Å²) in [7, 11) is 0. The lowest BCUT2D eigenvalue weighted by molar-refractivity contribution is 0.608. The van der Waals surface area contributed by atoms with Gasteiger partial charge < -0.3 is 10.3 Å². The number of aryl methyl sites for hydroxylation is 1. The molecule has 0 saturated heterocycles. The second-order valence-electron chi connectivity index (χ2n) is 5.64. The van der Waals surface area contributed by atoms with Gasteiger partial charge in [0.15, 0.2) is 0 Å². The average Bonchev–Trinajstić information content (AvgIpc) is 2.46. The van der Waals surface area contributed by atoms with Crippen LogP contribution in [0.25, 0.3) is 11.3 Å². The topological polar surface area (TPSA) is 48.0 Å². The predicted molar refractivity (Wildman–Crippen MR) is 88.4 cm³/mol. The Morgan fingerprint density at radius 2 is 1.81 bits per heavy atom. The van der Waals surface area contributed by atoms with Crippen molar-refractivity contribution in [1.29, 1.82) is 0 Å². The van der Waals surface area contributed by atoms with Gasteiger partial charge in [-0.15, -0.1) is 0 Å². The van der Waals surface area contributed by atoms with E-state index in [0.29, 0.717) is 5.56 Å². The van der Waals surface area contributed by atoms with Gasteiger partial charge in [0.2, 0.25) is 0 Å². The van der Waals surface area contributed by atoms with Crippen LogP contribution in [-0.4, -0.2) is 4.57 Å². The SMILES string of the molecule is CCCCn1c(-c2ccc(C)cc2)ccc(C(C)N)c1=O. The lowest BCUT2D eigenvalue weighted by Gasteiger charge is -2.16. The lowest BCUT2D eigenvalue weighted by Crippen LogP contribution is -2.28. The van der Waals surface area contributed by atoms with Gasteiger partial charge in [-0.05, 0) is 38.0 Å². The molecule has 0 aliphatic heterocycles. The average molecular weight is 284 g/mol.